The van der Waals surface area contributed by atoms with Crippen molar-refractivity contribution in [3.63, 3.8) is 0 Å². The molecule has 1 aromatic carbocycles. The maximum absolute atomic E-state index is 6.08. The SMILES string of the molecule is CNC(c1cc(Cl)ccc1I)c1nccnc1OC. The fraction of sp³-hybridized carbons (Fsp3) is 0.231. The van der Waals surface area contributed by atoms with E-state index in [-0.39, 0.29) is 6.04 Å². The van der Waals surface area contributed by atoms with E-state index in [1.807, 2.05) is 25.2 Å². The molecule has 0 aliphatic heterocycles. The maximum Gasteiger partial charge on any atom is 0.237 e. The second kappa shape index (κ2) is 6.49. The molecule has 0 aliphatic rings. The van der Waals surface area contributed by atoms with Crippen molar-refractivity contribution in [1.29, 1.82) is 0 Å². The fourth-order valence-electron chi connectivity index (χ4n) is 1.87. The van der Waals surface area contributed by atoms with E-state index in [4.69, 9.17) is 16.3 Å². The molecule has 1 heterocycles. The largest absolute Gasteiger partial charge is 0.480 e. The van der Waals surface area contributed by atoms with Crippen LogP contribution in [0.5, 0.6) is 5.88 Å². The lowest BCUT2D eigenvalue weighted by Gasteiger charge is -2.19. The van der Waals surface area contributed by atoms with Crippen molar-refractivity contribution < 1.29 is 4.74 Å². The van der Waals surface area contributed by atoms with E-state index in [1.54, 1.807) is 19.5 Å². The number of hydrogen-bond donors (Lipinski definition) is 1. The Morgan fingerprint density at radius 3 is 2.74 bits per heavy atom. The molecular weight excluding hydrogens is 377 g/mol. The smallest absolute Gasteiger partial charge is 0.237 e. The first-order valence-corrected chi connectivity index (χ1v) is 7.10. The first-order valence-electron chi connectivity index (χ1n) is 5.64. The summed E-state index contributed by atoms with van der Waals surface area (Å²) in [7, 11) is 3.46. The van der Waals surface area contributed by atoms with Crippen LogP contribution in [-0.4, -0.2) is 24.1 Å². The van der Waals surface area contributed by atoms with E-state index in [0.29, 0.717) is 10.9 Å². The quantitative estimate of drug-likeness (QED) is 0.817. The lowest BCUT2D eigenvalue weighted by atomic mass is 10.0. The number of rotatable bonds is 4. The van der Waals surface area contributed by atoms with Crippen LogP contribution in [0, 0.1) is 3.57 Å². The maximum atomic E-state index is 6.08. The van der Waals surface area contributed by atoms with Gasteiger partial charge in [-0.3, -0.25) is 4.98 Å². The fourth-order valence-corrected chi connectivity index (χ4v) is 2.69. The lowest BCUT2D eigenvalue weighted by molar-refractivity contribution is 0.384. The normalized spacial score (nSPS) is 12.2. The first-order chi connectivity index (χ1) is 9.17. The summed E-state index contributed by atoms with van der Waals surface area (Å²) in [4.78, 5) is 8.55. The number of nitrogens with zero attached hydrogens (tertiary/aromatic N) is 2. The Morgan fingerprint density at radius 1 is 1.32 bits per heavy atom. The topological polar surface area (TPSA) is 47.0 Å². The number of nitrogens with one attached hydrogen (secondary N) is 1. The second-order valence-corrected chi connectivity index (χ2v) is 5.44. The van der Waals surface area contributed by atoms with Crippen LogP contribution in [0.4, 0.5) is 0 Å². The zero-order chi connectivity index (χ0) is 13.8. The molecule has 100 valence electrons. The van der Waals surface area contributed by atoms with E-state index >= 15 is 0 Å². The molecule has 1 unspecified atom stereocenters. The highest BCUT2D eigenvalue weighted by molar-refractivity contribution is 14.1. The van der Waals surface area contributed by atoms with Gasteiger partial charge in [0.2, 0.25) is 5.88 Å². The lowest BCUT2D eigenvalue weighted by Crippen LogP contribution is -2.21. The van der Waals surface area contributed by atoms with Gasteiger partial charge in [0.1, 0.15) is 5.69 Å². The number of ether oxygens (including phenoxy) is 1. The van der Waals surface area contributed by atoms with Crippen LogP contribution in [-0.2, 0) is 0 Å². The van der Waals surface area contributed by atoms with Crippen molar-refractivity contribution in [2.45, 2.75) is 6.04 Å². The summed E-state index contributed by atoms with van der Waals surface area (Å²) < 4.78 is 6.38. The minimum atomic E-state index is -0.116. The molecule has 0 amide bonds. The van der Waals surface area contributed by atoms with Gasteiger partial charge in [0.05, 0.1) is 13.2 Å². The molecule has 0 aliphatic carbocycles. The molecule has 6 heteroatoms. The molecule has 0 fully saturated rings. The molecule has 1 N–H and O–H groups in total. The Bertz CT molecular complexity index is 580. The van der Waals surface area contributed by atoms with Gasteiger partial charge in [-0.15, -0.1) is 0 Å². The summed E-state index contributed by atoms with van der Waals surface area (Å²) in [5.74, 6) is 0.512. The monoisotopic (exact) mass is 389 g/mol. The Balaban J connectivity index is 2.53. The molecule has 2 rings (SSSR count). The standard InChI is InChI=1S/C13H13ClIN3O/c1-16-11(9-7-8(14)3-4-10(9)15)12-13(19-2)18-6-5-17-12/h3-7,11,16H,1-2H3. The molecule has 19 heavy (non-hydrogen) atoms. The van der Waals surface area contributed by atoms with Crippen LogP contribution >= 0.6 is 34.2 Å². The number of benzene rings is 1. The molecule has 4 nitrogen and oxygen atoms in total. The highest BCUT2D eigenvalue weighted by Gasteiger charge is 2.21. The summed E-state index contributed by atoms with van der Waals surface area (Å²) in [6.07, 6.45) is 3.26. The highest BCUT2D eigenvalue weighted by atomic mass is 127. The van der Waals surface area contributed by atoms with Gasteiger partial charge < -0.3 is 10.1 Å². The van der Waals surface area contributed by atoms with Crippen LogP contribution in [0.2, 0.25) is 5.02 Å². The van der Waals surface area contributed by atoms with Gasteiger partial charge in [0.15, 0.2) is 0 Å². The number of aromatic nitrogens is 2. The van der Waals surface area contributed by atoms with Gasteiger partial charge in [-0.1, -0.05) is 11.6 Å². The zero-order valence-electron chi connectivity index (χ0n) is 10.5. The first kappa shape index (κ1) is 14.5. The number of methoxy groups -OCH3 is 1. The van der Waals surface area contributed by atoms with Gasteiger partial charge in [-0.05, 0) is 53.4 Å². The summed E-state index contributed by atoms with van der Waals surface area (Å²) in [6.45, 7) is 0. The molecule has 0 radical (unpaired) electrons. The van der Waals surface area contributed by atoms with Gasteiger partial charge in [0.25, 0.3) is 0 Å². The highest BCUT2D eigenvalue weighted by Crippen LogP contribution is 2.30. The molecule has 2 aromatic rings. The third-order valence-electron chi connectivity index (χ3n) is 2.72. The van der Waals surface area contributed by atoms with E-state index in [9.17, 15) is 0 Å². The predicted octanol–water partition coefficient (Wildman–Crippen LogP) is 3.05. The Hall–Kier alpha value is -0.920. The molecule has 0 spiro atoms. The molecule has 1 atom stereocenters. The van der Waals surface area contributed by atoms with Crippen LogP contribution in [0.3, 0.4) is 0 Å². The minimum absolute atomic E-state index is 0.116. The van der Waals surface area contributed by atoms with Gasteiger partial charge in [-0.2, -0.15) is 0 Å². The third kappa shape index (κ3) is 3.16. The van der Waals surface area contributed by atoms with Crippen LogP contribution < -0.4 is 10.1 Å². The Kier molecular flexibility index (Phi) is 4.95. The molecular formula is C13H13ClIN3O. The van der Waals surface area contributed by atoms with Crippen LogP contribution in [0.1, 0.15) is 17.3 Å². The van der Waals surface area contributed by atoms with Crippen molar-refractivity contribution in [1.82, 2.24) is 15.3 Å². The molecule has 0 saturated heterocycles. The van der Waals surface area contributed by atoms with E-state index in [1.165, 1.54) is 0 Å². The summed E-state index contributed by atoms with van der Waals surface area (Å²) in [5.41, 5.74) is 1.79. The van der Waals surface area contributed by atoms with E-state index in [0.717, 1.165) is 14.8 Å². The van der Waals surface area contributed by atoms with Crippen molar-refractivity contribution in [2.75, 3.05) is 14.2 Å². The van der Waals surface area contributed by atoms with Crippen molar-refractivity contribution >= 4 is 34.2 Å². The van der Waals surface area contributed by atoms with Crippen LogP contribution in [0.15, 0.2) is 30.6 Å². The molecule has 0 bridgehead atoms. The molecule has 1 aromatic heterocycles. The minimum Gasteiger partial charge on any atom is -0.480 e. The van der Waals surface area contributed by atoms with E-state index < -0.39 is 0 Å². The van der Waals surface area contributed by atoms with Crippen molar-refractivity contribution in [2.24, 2.45) is 0 Å². The number of halogens is 2. The number of hydrogen-bond acceptors (Lipinski definition) is 4. The van der Waals surface area contributed by atoms with Gasteiger partial charge in [-0.25, -0.2) is 4.98 Å². The molecule has 0 saturated carbocycles. The second-order valence-electron chi connectivity index (χ2n) is 3.84. The summed E-state index contributed by atoms with van der Waals surface area (Å²) in [5, 5.41) is 3.92. The average molecular weight is 390 g/mol. The zero-order valence-corrected chi connectivity index (χ0v) is 13.4. The van der Waals surface area contributed by atoms with Gasteiger partial charge in [0, 0.05) is 21.0 Å². The van der Waals surface area contributed by atoms with Crippen molar-refractivity contribution in [3.05, 3.63) is 50.4 Å². The average Bonchev–Trinajstić information content (AvgIpc) is 2.44. The Labute approximate surface area is 130 Å². The Morgan fingerprint density at radius 2 is 2.05 bits per heavy atom. The van der Waals surface area contributed by atoms with Crippen LogP contribution in [0.25, 0.3) is 0 Å². The summed E-state index contributed by atoms with van der Waals surface area (Å²) in [6, 6.07) is 5.66. The van der Waals surface area contributed by atoms with Crippen molar-refractivity contribution in [3.8, 4) is 5.88 Å². The predicted molar refractivity (Wildman–Crippen MR) is 83.7 cm³/mol. The summed E-state index contributed by atoms with van der Waals surface area (Å²) >= 11 is 8.36. The van der Waals surface area contributed by atoms with E-state index in [2.05, 4.69) is 37.9 Å². The third-order valence-corrected chi connectivity index (χ3v) is 3.93. The van der Waals surface area contributed by atoms with Gasteiger partial charge >= 0.3 is 0 Å².